The first-order valence-electron chi connectivity index (χ1n) is 5.53. The van der Waals surface area contributed by atoms with Crippen LogP contribution in [-0.4, -0.2) is 37.5 Å². The highest BCUT2D eigenvalue weighted by Crippen LogP contribution is 2.23. The predicted molar refractivity (Wildman–Crippen MR) is 58.1 cm³/mol. The third-order valence-electron chi connectivity index (χ3n) is 2.98. The highest BCUT2D eigenvalue weighted by Gasteiger charge is 2.18. The van der Waals surface area contributed by atoms with Gasteiger partial charge in [-0.25, -0.2) is 0 Å². The lowest BCUT2D eigenvalue weighted by molar-refractivity contribution is -0.127. The summed E-state index contributed by atoms with van der Waals surface area (Å²) in [5.41, 5.74) is 0. The van der Waals surface area contributed by atoms with Crippen molar-refractivity contribution in [3.8, 4) is 0 Å². The SMILES string of the molecule is C[C@@H]1CCC[C@H](NCC(=O)N(C)C)C1. The smallest absolute Gasteiger partial charge is 0.236 e. The van der Waals surface area contributed by atoms with Crippen molar-refractivity contribution in [2.75, 3.05) is 20.6 Å². The molecule has 1 aliphatic carbocycles. The molecule has 1 N–H and O–H groups in total. The largest absolute Gasteiger partial charge is 0.348 e. The fraction of sp³-hybridized carbons (Fsp3) is 0.909. The maximum absolute atomic E-state index is 11.3. The van der Waals surface area contributed by atoms with Gasteiger partial charge in [0, 0.05) is 20.1 Å². The van der Waals surface area contributed by atoms with E-state index >= 15 is 0 Å². The summed E-state index contributed by atoms with van der Waals surface area (Å²) in [7, 11) is 3.60. The normalized spacial score (nSPS) is 27.4. The van der Waals surface area contributed by atoms with Gasteiger partial charge in [-0.15, -0.1) is 0 Å². The van der Waals surface area contributed by atoms with Crippen molar-refractivity contribution in [2.24, 2.45) is 5.92 Å². The van der Waals surface area contributed by atoms with Crippen LogP contribution >= 0.6 is 0 Å². The van der Waals surface area contributed by atoms with Crippen molar-refractivity contribution >= 4 is 5.91 Å². The Morgan fingerprint density at radius 2 is 2.14 bits per heavy atom. The van der Waals surface area contributed by atoms with E-state index in [1.54, 1.807) is 19.0 Å². The van der Waals surface area contributed by atoms with E-state index in [2.05, 4.69) is 12.2 Å². The third kappa shape index (κ3) is 3.66. The van der Waals surface area contributed by atoms with Crippen molar-refractivity contribution in [1.82, 2.24) is 10.2 Å². The minimum atomic E-state index is 0.170. The molecule has 0 aromatic rings. The van der Waals surface area contributed by atoms with Crippen LogP contribution in [0.5, 0.6) is 0 Å². The van der Waals surface area contributed by atoms with Crippen LogP contribution in [0.3, 0.4) is 0 Å². The molecule has 0 aromatic carbocycles. The molecule has 1 fully saturated rings. The van der Waals surface area contributed by atoms with Crippen LogP contribution < -0.4 is 5.32 Å². The summed E-state index contributed by atoms with van der Waals surface area (Å²) in [6, 6.07) is 0.558. The Bertz CT molecular complexity index is 192. The second-order valence-electron chi connectivity index (χ2n) is 4.64. The molecule has 3 heteroatoms. The molecule has 0 saturated heterocycles. The zero-order chi connectivity index (χ0) is 10.6. The van der Waals surface area contributed by atoms with Crippen LogP contribution in [0.1, 0.15) is 32.6 Å². The summed E-state index contributed by atoms with van der Waals surface area (Å²) < 4.78 is 0. The zero-order valence-corrected chi connectivity index (χ0v) is 9.55. The molecule has 0 spiro atoms. The van der Waals surface area contributed by atoms with Crippen LogP contribution in [0.25, 0.3) is 0 Å². The molecule has 0 radical (unpaired) electrons. The van der Waals surface area contributed by atoms with Crippen molar-refractivity contribution in [1.29, 1.82) is 0 Å². The number of likely N-dealkylation sites (N-methyl/N-ethyl adjacent to an activating group) is 1. The van der Waals surface area contributed by atoms with E-state index < -0.39 is 0 Å². The number of rotatable bonds is 3. The minimum Gasteiger partial charge on any atom is -0.348 e. The Labute approximate surface area is 86.9 Å². The summed E-state index contributed by atoms with van der Waals surface area (Å²) in [6.45, 7) is 2.78. The van der Waals surface area contributed by atoms with Gasteiger partial charge in [0.1, 0.15) is 0 Å². The number of carbonyl (C=O) groups is 1. The standard InChI is InChI=1S/C11H22N2O/c1-9-5-4-6-10(7-9)12-8-11(14)13(2)3/h9-10,12H,4-8H2,1-3H3/t9-,10+/m1/s1. The second-order valence-corrected chi connectivity index (χ2v) is 4.64. The van der Waals surface area contributed by atoms with Crippen LogP contribution in [0, 0.1) is 5.92 Å². The van der Waals surface area contributed by atoms with Crippen molar-refractivity contribution in [2.45, 2.75) is 38.6 Å². The van der Waals surface area contributed by atoms with Gasteiger partial charge in [-0.1, -0.05) is 19.8 Å². The van der Waals surface area contributed by atoms with E-state index in [1.165, 1.54) is 25.7 Å². The molecule has 14 heavy (non-hydrogen) atoms. The minimum absolute atomic E-state index is 0.170. The third-order valence-corrected chi connectivity index (χ3v) is 2.98. The summed E-state index contributed by atoms with van der Waals surface area (Å²) in [5.74, 6) is 0.985. The van der Waals surface area contributed by atoms with Crippen molar-refractivity contribution in [3.63, 3.8) is 0 Å². The fourth-order valence-corrected chi connectivity index (χ4v) is 2.01. The number of carbonyl (C=O) groups excluding carboxylic acids is 1. The van der Waals surface area contributed by atoms with E-state index in [0.717, 1.165) is 5.92 Å². The maximum atomic E-state index is 11.3. The van der Waals surface area contributed by atoms with Gasteiger partial charge in [0.25, 0.3) is 0 Å². The predicted octanol–water partition coefficient (Wildman–Crippen LogP) is 1.24. The van der Waals surface area contributed by atoms with Gasteiger partial charge in [0.05, 0.1) is 6.54 Å². The van der Waals surface area contributed by atoms with Gasteiger partial charge in [0.15, 0.2) is 0 Å². The molecular formula is C11H22N2O. The summed E-state index contributed by atoms with van der Waals surface area (Å²) in [5, 5.41) is 3.34. The van der Waals surface area contributed by atoms with E-state index in [1.807, 2.05) is 0 Å². The highest BCUT2D eigenvalue weighted by atomic mass is 16.2. The van der Waals surface area contributed by atoms with Crippen LogP contribution in [0.15, 0.2) is 0 Å². The Hall–Kier alpha value is -0.570. The lowest BCUT2D eigenvalue weighted by atomic mass is 9.87. The number of hydrogen-bond donors (Lipinski definition) is 1. The van der Waals surface area contributed by atoms with Gasteiger partial charge in [0.2, 0.25) is 5.91 Å². The highest BCUT2D eigenvalue weighted by molar-refractivity contribution is 5.77. The fourth-order valence-electron chi connectivity index (χ4n) is 2.01. The van der Waals surface area contributed by atoms with E-state index in [4.69, 9.17) is 0 Å². The maximum Gasteiger partial charge on any atom is 0.236 e. The van der Waals surface area contributed by atoms with Crippen LogP contribution in [0.4, 0.5) is 0 Å². The molecular weight excluding hydrogens is 176 g/mol. The number of amides is 1. The Morgan fingerprint density at radius 3 is 2.71 bits per heavy atom. The molecule has 0 unspecified atom stereocenters. The monoisotopic (exact) mass is 198 g/mol. The molecule has 0 aliphatic heterocycles. The van der Waals surface area contributed by atoms with Crippen LogP contribution in [0.2, 0.25) is 0 Å². The molecule has 1 amide bonds. The molecule has 1 rings (SSSR count). The molecule has 0 heterocycles. The van der Waals surface area contributed by atoms with E-state index in [0.29, 0.717) is 12.6 Å². The second kappa shape index (κ2) is 5.35. The zero-order valence-electron chi connectivity index (χ0n) is 9.55. The summed E-state index contributed by atoms with van der Waals surface area (Å²) >= 11 is 0. The molecule has 1 aliphatic rings. The Kier molecular flexibility index (Phi) is 4.39. The topological polar surface area (TPSA) is 32.3 Å². The molecule has 0 aromatic heterocycles. The first-order valence-corrected chi connectivity index (χ1v) is 5.53. The van der Waals surface area contributed by atoms with Gasteiger partial charge in [-0.2, -0.15) is 0 Å². The molecule has 3 nitrogen and oxygen atoms in total. The Balaban J connectivity index is 2.20. The van der Waals surface area contributed by atoms with Crippen molar-refractivity contribution < 1.29 is 4.79 Å². The number of nitrogens with zero attached hydrogens (tertiary/aromatic N) is 1. The molecule has 2 atom stereocenters. The molecule has 1 saturated carbocycles. The quantitative estimate of drug-likeness (QED) is 0.740. The van der Waals surface area contributed by atoms with E-state index in [-0.39, 0.29) is 5.91 Å². The first kappa shape index (κ1) is 11.5. The average molecular weight is 198 g/mol. The summed E-state index contributed by atoms with van der Waals surface area (Å²) in [4.78, 5) is 13.0. The van der Waals surface area contributed by atoms with E-state index in [9.17, 15) is 4.79 Å². The lowest BCUT2D eigenvalue weighted by Crippen LogP contribution is -2.40. The van der Waals surface area contributed by atoms with Gasteiger partial charge in [-0.3, -0.25) is 4.79 Å². The van der Waals surface area contributed by atoms with Gasteiger partial charge >= 0.3 is 0 Å². The average Bonchev–Trinajstić information content (AvgIpc) is 2.14. The Morgan fingerprint density at radius 1 is 1.43 bits per heavy atom. The van der Waals surface area contributed by atoms with Crippen LogP contribution in [-0.2, 0) is 4.79 Å². The van der Waals surface area contributed by atoms with Gasteiger partial charge in [-0.05, 0) is 18.8 Å². The van der Waals surface area contributed by atoms with Crippen molar-refractivity contribution in [3.05, 3.63) is 0 Å². The number of hydrogen-bond acceptors (Lipinski definition) is 2. The molecule has 82 valence electrons. The van der Waals surface area contributed by atoms with Gasteiger partial charge < -0.3 is 10.2 Å². The first-order chi connectivity index (χ1) is 6.59. The lowest BCUT2D eigenvalue weighted by Gasteiger charge is -2.27. The number of nitrogens with one attached hydrogen (secondary N) is 1. The molecule has 0 bridgehead atoms. The summed E-state index contributed by atoms with van der Waals surface area (Å²) in [6.07, 6.45) is 5.10.